The quantitative estimate of drug-likeness (QED) is 0.423. The molecule has 1 aliphatic rings. The molecule has 0 radical (unpaired) electrons. The fraction of sp³-hybridized carbons (Fsp3) is 0.273. The molecule has 0 aliphatic carbocycles. The molecule has 29 heavy (non-hydrogen) atoms. The van der Waals surface area contributed by atoms with Gasteiger partial charge >= 0.3 is 11.9 Å². The Kier molecular flexibility index (Phi) is 5.50. The average Bonchev–Trinajstić information content (AvgIpc) is 2.96. The summed E-state index contributed by atoms with van der Waals surface area (Å²) in [7, 11) is 3.79. The smallest absolute Gasteiger partial charge is 0.321 e. The van der Waals surface area contributed by atoms with Crippen molar-refractivity contribution in [3.8, 4) is 0 Å². The lowest BCUT2D eigenvalue weighted by Gasteiger charge is -2.32. The molecule has 2 aromatic rings. The molecule has 0 saturated carbocycles. The number of methoxy groups -OCH3 is 2. The molecule has 7 nitrogen and oxygen atoms in total. The zero-order valence-corrected chi connectivity index (χ0v) is 16.4. The van der Waals surface area contributed by atoms with Crippen molar-refractivity contribution < 1.29 is 28.7 Å². The van der Waals surface area contributed by atoms with Gasteiger partial charge in [-0.15, -0.1) is 0 Å². The lowest BCUT2D eigenvalue weighted by molar-refractivity contribution is -0.164. The minimum absolute atomic E-state index is 0.373. The minimum atomic E-state index is -1.77. The standard InChI is InChI=1S/C22H21NO6/c1-23-16-12-8-7-11-15(16)22(21(23)27,18(19(25)28-2)20(26)29-3)13-17(24)14-9-5-4-6-10-14/h4-12,18H,13H2,1-3H3. The average molecular weight is 395 g/mol. The fourth-order valence-electron chi connectivity index (χ4n) is 3.93. The molecule has 0 saturated heterocycles. The van der Waals surface area contributed by atoms with Crippen LogP contribution in [0.4, 0.5) is 5.69 Å². The van der Waals surface area contributed by atoms with E-state index in [2.05, 4.69) is 0 Å². The summed E-state index contributed by atoms with van der Waals surface area (Å²) in [6.45, 7) is 0. The number of benzene rings is 2. The topological polar surface area (TPSA) is 90.0 Å². The molecular formula is C22H21NO6. The maximum absolute atomic E-state index is 13.5. The summed E-state index contributed by atoms with van der Waals surface area (Å²) in [5.74, 6) is -4.40. The van der Waals surface area contributed by atoms with E-state index in [0.717, 1.165) is 14.2 Å². The van der Waals surface area contributed by atoms with Crippen LogP contribution in [0.3, 0.4) is 0 Å². The van der Waals surface area contributed by atoms with Gasteiger partial charge in [-0.1, -0.05) is 48.5 Å². The lowest BCUT2D eigenvalue weighted by Crippen LogP contribution is -2.52. The molecule has 0 spiro atoms. The van der Waals surface area contributed by atoms with Crippen molar-refractivity contribution >= 4 is 29.3 Å². The number of carbonyl (C=O) groups excluding carboxylic acids is 4. The number of hydrogen-bond donors (Lipinski definition) is 0. The summed E-state index contributed by atoms with van der Waals surface area (Å²) in [5, 5.41) is 0. The van der Waals surface area contributed by atoms with E-state index in [1.165, 1.54) is 4.90 Å². The summed E-state index contributed by atoms with van der Waals surface area (Å²) in [6, 6.07) is 15.2. The number of amides is 1. The molecule has 1 atom stereocenters. The first-order valence-electron chi connectivity index (χ1n) is 9.00. The Morgan fingerprint density at radius 1 is 0.931 bits per heavy atom. The summed E-state index contributed by atoms with van der Waals surface area (Å²) in [5.41, 5.74) is -0.452. The van der Waals surface area contributed by atoms with Crippen LogP contribution in [0.15, 0.2) is 54.6 Å². The number of hydrogen-bond acceptors (Lipinski definition) is 6. The predicted molar refractivity (Wildman–Crippen MR) is 104 cm³/mol. The highest BCUT2D eigenvalue weighted by Gasteiger charge is 2.61. The highest BCUT2D eigenvalue weighted by molar-refractivity contribution is 6.17. The zero-order valence-electron chi connectivity index (χ0n) is 16.4. The molecule has 3 rings (SSSR count). The van der Waals surface area contributed by atoms with Crippen molar-refractivity contribution in [3.63, 3.8) is 0 Å². The van der Waals surface area contributed by atoms with Gasteiger partial charge in [-0.2, -0.15) is 0 Å². The molecule has 0 fully saturated rings. The van der Waals surface area contributed by atoms with E-state index in [0.29, 0.717) is 16.8 Å². The first-order chi connectivity index (χ1) is 13.9. The first kappa shape index (κ1) is 20.3. The van der Waals surface area contributed by atoms with E-state index in [1.54, 1.807) is 61.6 Å². The number of fused-ring (bicyclic) bond motifs is 1. The molecule has 7 heteroatoms. The second-order valence-corrected chi connectivity index (χ2v) is 6.80. The van der Waals surface area contributed by atoms with Gasteiger partial charge < -0.3 is 14.4 Å². The van der Waals surface area contributed by atoms with E-state index in [1.807, 2.05) is 0 Å². The van der Waals surface area contributed by atoms with Crippen molar-refractivity contribution in [2.75, 3.05) is 26.2 Å². The molecule has 1 amide bonds. The van der Waals surface area contributed by atoms with Crippen molar-refractivity contribution in [1.29, 1.82) is 0 Å². The van der Waals surface area contributed by atoms with Crippen LogP contribution in [0.5, 0.6) is 0 Å². The van der Waals surface area contributed by atoms with E-state index in [9.17, 15) is 19.2 Å². The van der Waals surface area contributed by atoms with Crippen molar-refractivity contribution in [3.05, 3.63) is 65.7 Å². The summed E-state index contributed by atoms with van der Waals surface area (Å²) in [4.78, 5) is 53.3. The molecule has 0 aromatic heterocycles. The summed E-state index contributed by atoms with van der Waals surface area (Å²) >= 11 is 0. The number of Topliss-reactive ketones (excluding diaryl/α,β-unsaturated/α-hetero) is 1. The van der Waals surface area contributed by atoms with Gasteiger partial charge in [0, 0.05) is 24.7 Å². The number of nitrogens with zero attached hydrogens (tertiary/aromatic N) is 1. The molecule has 0 N–H and O–H groups in total. The van der Waals surface area contributed by atoms with Crippen LogP contribution in [0.25, 0.3) is 0 Å². The number of para-hydroxylation sites is 1. The second-order valence-electron chi connectivity index (χ2n) is 6.80. The molecule has 1 unspecified atom stereocenters. The third kappa shape index (κ3) is 3.18. The van der Waals surface area contributed by atoms with Gasteiger partial charge in [-0.05, 0) is 11.6 Å². The van der Waals surface area contributed by atoms with Gasteiger partial charge in [-0.25, -0.2) is 0 Å². The number of carbonyl (C=O) groups is 4. The largest absolute Gasteiger partial charge is 0.468 e. The summed E-state index contributed by atoms with van der Waals surface area (Å²) < 4.78 is 9.67. The van der Waals surface area contributed by atoms with Crippen molar-refractivity contribution in [2.24, 2.45) is 5.92 Å². The van der Waals surface area contributed by atoms with Gasteiger partial charge in [0.2, 0.25) is 5.91 Å². The first-order valence-corrected chi connectivity index (χ1v) is 9.00. The van der Waals surface area contributed by atoms with Crippen LogP contribution >= 0.6 is 0 Å². The maximum atomic E-state index is 13.5. The molecule has 0 bridgehead atoms. The Morgan fingerprint density at radius 2 is 1.48 bits per heavy atom. The van der Waals surface area contributed by atoms with Crippen LogP contribution in [0.2, 0.25) is 0 Å². The fourth-order valence-corrected chi connectivity index (χ4v) is 3.93. The summed E-state index contributed by atoms with van der Waals surface area (Å²) in [6.07, 6.45) is -0.383. The molecule has 1 heterocycles. The number of likely N-dealkylation sites (N-methyl/N-ethyl adjacent to an activating group) is 1. The van der Waals surface area contributed by atoms with Crippen molar-refractivity contribution in [2.45, 2.75) is 11.8 Å². The van der Waals surface area contributed by atoms with Gasteiger partial charge in [-0.3, -0.25) is 19.2 Å². The Bertz CT molecular complexity index is 954. The van der Waals surface area contributed by atoms with E-state index >= 15 is 0 Å². The minimum Gasteiger partial charge on any atom is -0.468 e. The highest BCUT2D eigenvalue weighted by Crippen LogP contribution is 2.49. The number of esters is 2. The number of ketones is 1. The SMILES string of the molecule is COC(=O)C(C(=O)OC)C1(CC(=O)c2ccccc2)C(=O)N(C)c2ccccc21. The monoisotopic (exact) mass is 395 g/mol. The van der Waals surface area contributed by atoms with Crippen molar-refractivity contribution in [1.82, 2.24) is 0 Å². The van der Waals surface area contributed by atoms with Gasteiger partial charge in [0.1, 0.15) is 5.41 Å². The number of rotatable bonds is 6. The van der Waals surface area contributed by atoms with E-state index < -0.39 is 29.2 Å². The van der Waals surface area contributed by atoms with Crippen LogP contribution in [0.1, 0.15) is 22.3 Å². The normalized spacial score (nSPS) is 17.8. The van der Waals surface area contributed by atoms with E-state index in [-0.39, 0.29) is 12.2 Å². The van der Waals surface area contributed by atoms with Crippen LogP contribution in [-0.2, 0) is 29.3 Å². The van der Waals surface area contributed by atoms with Crippen LogP contribution in [-0.4, -0.2) is 44.9 Å². The zero-order chi connectivity index (χ0) is 21.2. The molecule has 2 aromatic carbocycles. The Hall–Kier alpha value is -3.48. The van der Waals surface area contributed by atoms with Gasteiger partial charge in [0.25, 0.3) is 0 Å². The Morgan fingerprint density at radius 3 is 2.07 bits per heavy atom. The molecule has 150 valence electrons. The van der Waals surface area contributed by atoms with Crippen LogP contribution < -0.4 is 4.90 Å². The van der Waals surface area contributed by atoms with Gasteiger partial charge in [0.15, 0.2) is 11.7 Å². The van der Waals surface area contributed by atoms with Gasteiger partial charge in [0.05, 0.1) is 14.2 Å². The third-order valence-electron chi connectivity index (χ3n) is 5.33. The Balaban J connectivity index is 2.24. The lowest BCUT2D eigenvalue weighted by atomic mass is 9.67. The number of ether oxygens (including phenoxy) is 2. The van der Waals surface area contributed by atoms with E-state index in [4.69, 9.17) is 9.47 Å². The maximum Gasteiger partial charge on any atom is 0.321 e. The number of anilines is 1. The predicted octanol–water partition coefficient (Wildman–Crippen LogP) is 2.14. The third-order valence-corrected chi connectivity index (χ3v) is 5.33. The molecule has 1 aliphatic heterocycles. The molecular weight excluding hydrogens is 374 g/mol. The van der Waals surface area contributed by atoms with Crippen LogP contribution in [0, 0.1) is 5.92 Å². The Labute approximate surface area is 168 Å². The second kappa shape index (κ2) is 7.87. The highest BCUT2D eigenvalue weighted by atomic mass is 16.5.